The van der Waals surface area contributed by atoms with E-state index in [4.69, 9.17) is 11.6 Å². The summed E-state index contributed by atoms with van der Waals surface area (Å²) in [6.07, 6.45) is 3.46. The molecule has 0 bridgehead atoms. The molecule has 1 aromatic carbocycles. The van der Waals surface area contributed by atoms with Gasteiger partial charge in [0, 0.05) is 17.1 Å². The summed E-state index contributed by atoms with van der Waals surface area (Å²) in [6.45, 7) is 3.90. The van der Waals surface area contributed by atoms with Crippen LogP contribution >= 0.6 is 11.6 Å². The number of nitrogens with one attached hydrogen (secondary N) is 1. The average molecular weight is 268 g/mol. The first-order chi connectivity index (χ1) is 8.66. The molecule has 0 amide bonds. The first kappa shape index (κ1) is 13.9. The van der Waals surface area contributed by atoms with E-state index in [0.29, 0.717) is 11.6 Å². The average Bonchev–Trinajstić information content (AvgIpc) is 2.75. The van der Waals surface area contributed by atoms with Crippen molar-refractivity contribution in [3.63, 3.8) is 0 Å². The quantitative estimate of drug-likeness (QED) is 0.857. The fraction of sp³-hybridized carbons (Fsp3) is 0.600. The van der Waals surface area contributed by atoms with E-state index in [-0.39, 0.29) is 0 Å². The molecule has 0 aromatic heterocycles. The zero-order valence-electron chi connectivity index (χ0n) is 10.9. The molecular weight excluding hydrogens is 246 g/mol. The van der Waals surface area contributed by atoms with Crippen LogP contribution in [0.3, 0.4) is 0 Å². The minimum absolute atomic E-state index is 0.516. The number of aliphatic hydroxyl groups is 1. The van der Waals surface area contributed by atoms with Crippen molar-refractivity contribution in [1.82, 2.24) is 5.32 Å². The molecule has 1 aliphatic rings. The van der Waals surface area contributed by atoms with Crippen molar-refractivity contribution in [3.05, 3.63) is 34.9 Å². The summed E-state index contributed by atoms with van der Waals surface area (Å²) in [5.41, 5.74) is 0.812. The Kier molecular flexibility index (Phi) is 5.04. The highest BCUT2D eigenvalue weighted by Gasteiger charge is 2.21. The van der Waals surface area contributed by atoms with Crippen LogP contribution in [-0.4, -0.2) is 18.2 Å². The third-order valence-electron chi connectivity index (χ3n) is 3.84. The highest BCUT2D eigenvalue weighted by atomic mass is 35.5. The molecule has 100 valence electrons. The fourth-order valence-electron chi connectivity index (χ4n) is 2.79. The Morgan fingerprint density at radius 2 is 2.17 bits per heavy atom. The number of hydrogen-bond acceptors (Lipinski definition) is 2. The zero-order chi connectivity index (χ0) is 13.0. The Balaban J connectivity index is 1.75. The van der Waals surface area contributed by atoms with Crippen molar-refractivity contribution < 1.29 is 5.11 Å². The lowest BCUT2D eigenvalue weighted by Gasteiger charge is -2.16. The van der Waals surface area contributed by atoms with Crippen LogP contribution in [0.1, 0.15) is 37.9 Å². The Labute approximate surface area is 114 Å². The van der Waals surface area contributed by atoms with E-state index in [1.165, 1.54) is 19.3 Å². The first-order valence-corrected chi connectivity index (χ1v) is 7.18. The second-order valence-corrected chi connectivity index (χ2v) is 5.89. The van der Waals surface area contributed by atoms with Gasteiger partial charge in [0.1, 0.15) is 0 Å². The predicted octanol–water partition coefficient (Wildman–Crippen LogP) is 3.40. The minimum atomic E-state index is -0.516. The van der Waals surface area contributed by atoms with Crippen molar-refractivity contribution in [3.8, 4) is 0 Å². The second kappa shape index (κ2) is 6.55. The molecule has 2 N–H and O–H groups in total. The molecule has 0 saturated heterocycles. The van der Waals surface area contributed by atoms with Gasteiger partial charge < -0.3 is 10.4 Å². The summed E-state index contributed by atoms with van der Waals surface area (Å²) >= 11 is 6.06. The maximum absolute atomic E-state index is 10.1. The van der Waals surface area contributed by atoms with Crippen molar-refractivity contribution in [2.75, 3.05) is 13.1 Å². The van der Waals surface area contributed by atoms with Crippen molar-refractivity contribution in [1.29, 1.82) is 0 Å². The predicted molar refractivity (Wildman–Crippen MR) is 75.8 cm³/mol. The summed E-state index contributed by atoms with van der Waals surface area (Å²) in [7, 11) is 0. The largest absolute Gasteiger partial charge is 0.387 e. The molecule has 1 aromatic rings. The van der Waals surface area contributed by atoms with Gasteiger partial charge in [0.25, 0.3) is 0 Å². The van der Waals surface area contributed by atoms with Gasteiger partial charge >= 0.3 is 0 Å². The molecule has 2 rings (SSSR count). The summed E-state index contributed by atoms with van der Waals surface area (Å²) in [4.78, 5) is 0. The number of aliphatic hydroxyl groups excluding tert-OH is 1. The van der Waals surface area contributed by atoms with E-state index in [9.17, 15) is 5.11 Å². The van der Waals surface area contributed by atoms with Crippen molar-refractivity contribution >= 4 is 11.6 Å². The highest BCUT2D eigenvalue weighted by Crippen LogP contribution is 2.29. The molecule has 1 aliphatic carbocycles. The van der Waals surface area contributed by atoms with Crippen molar-refractivity contribution in [2.45, 2.75) is 32.3 Å². The normalized spacial score (nSPS) is 25.3. The zero-order valence-corrected chi connectivity index (χ0v) is 11.7. The van der Waals surface area contributed by atoms with Crippen molar-refractivity contribution in [2.24, 2.45) is 11.8 Å². The van der Waals surface area contributed by atoms with Gasteiger partial charge in [-0.15, -0.1) is 0 Å². The van der Waals surface area contributed by atoms with Gasteiger partial charge in [0.2, 0.25) is 0 Å². The fourth-order valence-corrected chi connectivity index (χ4v) is 3.05. The second-order valence-electron chi connectivity index (χ2n) is 5.48. The SMILES string of the molecule is CC1CCC(CNCC(O)c2ccccc2Cl)C1. The molecule has 3 unspecified atom stereocenters. The Bertz CT molecular complexity index is 383. The van der Waals surface area contributed by atoms with E-state index in [2.05, 4.69) is 12.2 Å². The minimum Gasteiger partial charge on any atom is -0.387 e. The third-order valence-corrected chi connectivity index (χ3v) is 4.18. The van der Waals surface area contributed by atoms with E-state index in [1.54, 1.807) is 0 Å². The van der Waals surface area contributed by atoms with Gasteiger partial charge in [-0.05, 0) is 37.3 Å². The topological polar surface area (TPSA) is 32.3 Å². The molecule has 1 saturated carbocycles. The van der Waals surface area contributed by atoms with E-state index in [0.717, 1.165) is 23.9 Å². The van der Waals surface area contributed by atoms with Crippen LogP contribution in [0.2, 0.25) is 5.02 Å². The van der Waals surface area contributed by atoms with Gasteiger partial charge in [0.05, 0.1) is 6.10 Å². The van der Waals surface area contributed by atoms with Gasteiger partial charge in [0.15, 0.2) is 0 Å². The number of halogens is 1. The maximum atomic E-state index is 10.1. The number of rotatable bonds is 5. The third kappa shape index (κ3) is 3.71. The van der Waals surface area contributed by atoms with Crippen LogP contribution < -0.4 is 5.32 Å². The molecule has 1 fully saturated rings. The van der Waals surface area contributed by atoms with Crippen LogP contribution in [0.25, 0.3) is 0 Å². The van der Waals surface area contributed by atoms with E-state index < -0.39 is 6.10 Å². The van der Waals surface area contributed by atoms with E-state index in [1.807, 2.05) is 24.3 Å². The van der Waals surface area contributed by atoms with Crippen LogP contribution in [0.4, 0.5) is 0 Å². The molecule has 0 heterocycles. The smallest absolute Gasteiger partial charge is 0.0928 e. The molecule has 0 aliphatic heterocycles. The lowest BCUT2D eigenvalue weighted by molar-refractivity contribution is 0.173. The Morgan fingerprint density at radius 1 is 1.39 bits per heavy atom. The van der Waals surface area contributed by atoms with Gasteiger partial charge in [-0.3, -0.25) is 0 Å². The summed E-state index contributed by atoms with van der Waals surface area (Å²) < 4.78 is 0. The lowest BCUT2D eigenvalue weighted by atomic mass is 10.1. The van der Waals surface area contributed by atoms with Crippen LogP contribution in [-0.2, 0) is 0 Å². The molecule has 0 spiro atoms. The highest BCUT2D eigenvalue weighted by molar-refractivity contribution is 6.31. The molecule has 3 heteroatoms. The molecule has 3 atom stereocenters. The molecule has 2 nitrogen and oxygen atoms in total. The van der Waals surface area contributed by atoms with Gasteiger partial charge in [-0.25, -0.2) is 0 Å². The summed E-state index contributed by atoms with van der Waals surface area (Å²) in [6, 6.07) is 7.49. The maximum Gasteiger partial charge on any atom is 0.0928 e. The lowest BCUT2D eigenvalue weighted by Crippen LogP contribution is -2.26. The molecule has 18 heavy (non-hydrogen) atoms. The Morgan fingerprint density at radius 3 is 2.83 bits per heavy atom. The number of hydrogen-bond donors (Lipinski definition) is 2. The summed E-state index contributed by atoms with van der Waals surface area (Å²) in [5.74, 6) is 1.64. The van der Waals surface area contributed by atoms with Crippen LogP contribution in [0.15, 0.2) is 24.3 Å². The Hall–Kier alpha value is -0.570. The molecular formula is C15H22ClNO. The standard InChI is InChI=1S/C15H22ClNO/c1-11-6-7-12(8-11)9-17-10-15(18)13-4-2-3-5-14(13)16/h2-5,11-12,15,17-18H,6-10H2,1H3. The number of benzene rings is 1. The van der Waals surface area contributed by atoms with Gasteiger partial charge in [-0.2, -0.15) is 0 Å². The van der Waals surface area contributed by atoms with Gasteiger partial charge in [-0.1, -0.05) is 43.1 Å². The monoisotopic (exact) mass is 267 g/mol. The first-order valence-electron chi connectivity index (χ1n) is 6.80. The molecule has 0 radical (unpaired) electrons. The van der Waals surface area contributed by atoms with Crippen LogP contribution in [0.5, 0.6) is 0 Å². The van der Waals surface area contributed by atoms with E-state index >= 15 is 0 Å². The van der Waals surface area contributed by atoms with Crippen LogP contribution in [0, 0.1) is 11.8 Å². The summed E-state index contributed by atoms with van der Waals surface area (Å²) in [5, 5.41) is 14.1.